The second-order valence-corrected chi connectivity index (χ2v) is 4.95. The summed E-state index contributed by atoms with van der Waals surface area (Å²) >= 11 is 5.77. The largest absolute Gasteiger partial charge is 0.370 e. The second kappa shape index (κ2) is 9.95. The summed E-state index contributed by atoms with van der Waals surface area (Å²) in [6.07, 6.45) is 3.73. The zero-order chi connectivity index (χ0) is 13.9. The van der Waals surface area contributed by atoms with Crippen LogP contribution in [0.1, 0.15) is 19.8 Å². The van der Waals surface area contributed by atoms with Crippen molar-refractivity contribution in [3.8, 4) is 0 Å². The van der Waals surface area contributed by atoms with Crippen LogP contribution in [0.3, 0.4) is 0 Å². The smallest absolute Gasteiger partial charge is 0.134 e. The summed E-state index contributed by atoms with van der Waals surface area (Å²) in [7, 11) is 2.16. The van der Waals surface area contributed by atoms with Crippen LogP contribution in [0.25, 0.3) is 0 Å². The SMILES string of the molecule is CCCN(C)CCNCCCNc1cc(Cl)ncn1. The van der Waals surface area contributed by atoms with E-state index in [1.165, 1.54) is 12.7 Å². The van der Waals surface area contributed by atoms with E-state index >= 15 is 0 Å². The Bertz CT molecular complexity index is 348. The van der Waals surface area contributed by atoms with Crippen molar-refractivity contribution in [2.75, 3.05) is 45.1 Å². The summed E-state index contributed by atoms with van der Waals surface area (Å²) in [6.45, 7) is 7.39. The summed E-state index contributed by atoms with van der Waals surface area (Å²) in [5, 5.41) is 7.12. The Labute approximate surface area is 120 Å². The van der Waals surface area contributed by atoms with Crippen molar-refractivity contribution in [1.29, 1.82) is 0 Å². The van der Waals surface area contributed by atoms with Gasteiger partial charge in [-0.3, -0.25) is 0 Å². The molecule has 0 saturated carbocycles. The van der Waals surface area contributed by atoms with Crippen molar-refractivity contribution >= 4 is 17.4 Å². The number of nitrogens with one attached hydrogen (secondary N) is 2. The minimum atomic E-state index is 0.467. The highest BCUT2D eigenvalue weighted by Gasteiger charge is 1.97. The van der Waals surface area contributed by atoms with E-state index in [1.54, 1.807) is 6.07 Å². The first-order chi connectivity index (χ1) is 9.22. The quantitative estimate of drug-likeness (QED) is 0.508. The van der Waals surface area contributed by atoms with Crippen molar-refractivity contribution in [3.05, 3.63) is 17.5 Å². The lowest BCUT2D eigenvalue weighted by atomic mass is 10.4. The van der Waals surface area contributed by atoms with Crippen LogP contribution in [0.5, 0.6) is 0 Å². The number of halogens is 1. The van der Waals surface area contributed by atoms with Crippen LogP contribution >= 0.6 is 11.6 Å². The van der Waals surface area contributed by atoms with Gasteiger partial charge in [-0.05, 0) is 33.0 Å². The number of rotatable bonds is 10. The zero-order valence-electron chi connectivity index (χ0n) is 11.8. The molecule has 2 N–H and O–H groups in total. The van der Waals surface area contributed by atoms with E-state index in [0.717, 1.165) is 45.0 Å². The third kappa shape index (κ3) is 7.97. The van der Waals surface area contributed by atoms with E-state index in [9.17, 15) is 0 Å². The predicted octanol–water partition coefficient (Wildman–Crippen LogP) is 1.86. The van der Waals surface area contributed by atoms with Crippen LogP contribution < -0.4 is 10.6 Å². The van der Waals surface area contributed by atoms with Gasteiger partial charge < -0.3 is 15.5 Å². The van der Waals surface area contributed by atoms with Gasteiger partial charge in [-0.2, -0.15) is 0 Å². The fourth-order valence-corrected chi connectivity index (χ4v) is 1.90. The van der Waals surface area contributed by atoms with Crippen molar-refractivity contribution in [3.63, 3.8) is 0 Å². The maximum atomic E-state index is 5.77. The third-order valence-corrected chi connectivity index (χ3v) is 2.95. The molecule has 0 unspecified atom stereocenters. The molecule has 0 aliphatic rings. The first-order valence-electron chi connectivity index (χ1n) is 6.83. The fraction of sp³-hybridized carbons (Fsp3) is 0.692. The topological polar surface area (TPSA) is 53.1 Å². The first kappa shape index (κ1) is 16.1. The molecule has 0 radical (unpaired) electrons. The van der Waals surface area contributed by atoms with Gasteiger partial charge in [0.25, 0.3) is 0 Å². The minimum Gasteiger partial charge on any atom is -0.370 e. The van der Waals surface area contributed by atoms with Crippen molar-refractivity contribution in [1.82, 2.24) is 20.2 Å². The van der Waals surface area contributed by atoms with Crippen LogP contribution in [-0.4, -0.2) is 54.6 Å². The van der Waals surface area contributed by atoms with E-state index in [-0.39, 0.29) is 0 Å². The van der Waals surface area contributed by atoms with E-state index < -0.39 is 0 Å². The molecule has 1 aromatic rings. The summed E-state index contributed by atoms with van der Waals surface area (Å²) < 4.78 is 0. The number of nitrogens with zero attached hydrogens (tertiary/aromatic N) is 3. The van der Waals surface area contributed by atoms with Crippen LogP contribution in [0.15, 0.2) is 12.4 Å². The number of anilines is 1. The van der Waals surface area contributed by atoms with Crippen LogP contribution in [0.2, 0.25) is 5.15 Å². The Hall–Kier alpha value is -0.910. The molecule has 0 amide bonds. The van der Waals surface area contributed by atoms with Gasteiger partial charge in [0.15, 0.2) is 0 Å². The molecular weight excluding hydrogens is 262 g/mol. The lowest BCUT2D eigenvalue weighted by Gasteiger charge is -2.15. The Kier molecular flexibility index (Phi) is 8.45. The fourth-order valence-electron chi connectivity index (χ4n) is 1.75. The third-order valence-electron chi connectivity index (χ3n) is 2.75. The molecule has 0 bridgehead atoms. The lowest BCUT2D eigenvalue weighted by Crippen LogP contribution is -2.30. The monoisotopic (exact) mass is 285 g/mol. The average molecular weight is 286 g/mol. The summed E-state index contributed by atoms with van der Waals surface area (Å²) in [4.78, 5) is 10.3. The number of aromatic nitrogens is 2. The number of hydrogen-bond donors (Lipinski definition) is 2. The molecule has 6 heteroatoms. The van der Waals surface area contributed by atoms with Crippen LogP contribution in [0.4, 0.5) is 5.82 Å². The molecule has 1 rings (SSSR count). The van der Waals surface area contributed by atoms with E-state index in [4.69, 9.17) is 11.6 Å². The molecule has 19 heavy (non-hydrogen) atoms. The standard InChI is InChI=1S/C13H24ClN5/c1-3-8-19(2)9-7-15-5-4-6-16-13-10-12(14)17-11-18-13/h10-11,15H,3-9H2,1-2H3,(H,16,17,18). The Morgan fingerprint density at radius 1 is 1.21 bits per heavy atom. The summed E-state index contributed by atoms with van der Waals surface area (Å²) in [5.41, 5.74) is 0. The normalized spacial score (nSPS) is 10.9. The average Bonchev–Trinajstić information content (AvgIpc) is 2.38. The highest BCUT2D eigenvalue weighted by molar-refractivity contribution is 6.29. The molecule has 0 atom stereocenters. The Morgan fingerprint density at radius 2 is 2.05 bits per heavy atom. The zero-order valence-corrected chi connectivity index (χ0v) is 12.6. The molecule has 0 aliphatic heterocycles. The Morgan fingerprint density at radius 3 is 2.79 bits per heavy atom. The summed E-state index contributed by atoms with van der Waals surface area (Å²) in [6, 6.07) is 1.73. The van der Waals surface area contributed by atoms with E-state index in [0.29, 0.717) is 5.15 Å². The molecule has 0 saturated heterocycles. The van der Waals surface area contributed by atoms with Gasteiger partial charge >= 0.3 is 0 Å². The van der Waals surface area contributed by atoms with Crippen molar-refractivity contribution < 1.29 is 0 Å². The van der Waals surface area contributed by atoms with Gasteiger partial charge in [-0.25, -0.2) is 9.97 Å². The maximum Gasteiger partial charge on any atom is 0.134 e. The predicted molar refractivity (Wildman–Crippen MR) is 80.8 cm³/mol. The molecule has 0 spiro atoms. The highest BCUT2D eigenvalue weighted by atomic mass is 35.5. The van der Waals surface area contributed by atoms with Gasteiger partial charge in [0.1, 0.15) is 17.3 Å². The van der Waals surface area contributed by atoms with Gasteiger partial charge in [-0.15, -0.1) is 0 Å². The number of hydrogen-bond acceptors (Lipinski definition) is 5. The van der Waals surface area contributed by atoms with Crippen LogP contribution in [-0.2, 0) is 0 Å². The van der Waals surface area contributed by atoms with E-state index in [2.05, 4.69) is 39.5 Å². The first-order valence-corrected chi connectivity index (χ1v) is 7.21. The van der Waals surface area contributed by atoms with Gasteiger partial charge in [-0.1, -0.05) is 18.5 Å². The van der Waals surface area contributed by atoms with Gasteiger partial charge in [0.2, 0.25) is 0 Å². The molecule has 5 nitrogen and oxygen atoms in total. The molecule has 0 fully saturated rings. The van der Waals surface area contributed by atoms with Gasteiger partial charge in [0, 0.05) is 25.7 Å². The van der Waals surface area contributed by atoms with Crippen molar-refractivity contribution in [2.24, 2.45) is 0 Å². The molecule has 1 heterocycles. The second-order valence-electron chi connectivity index (χ2n) is 4.56. The highest BCUT2D eigenvalue weighted by Crippen LogP contribution is 2.07. The summed E-state index contributed by atoms with van der Waals surface area (Å²) in [5.74, 6) is 0.780. The molecule has 108 valence electrons. The van der Waals surface area contributed by atoms with Crippen molar-refractivity contribution in [2.45, 2.75) is 19.8 Å². The van der Waals surface area contributed by atoms with E-state index in [1.807, 2.05) is 0 Å². The lowest BCUT2D eigenvalue weighted by molar-refractivity contribution is 0.332. The van der Waals surface area contributed by atoms with Crippen LogP contribution in [0, 0.1) is 0 Å². The van der Waals surface area contributed by atoms with Gasteiger partial charge in [0.05, 0.1) is 0 Å². The number of likely N-dealkylation sites (N-methyl/N-ethyl adjacent to an activating group) is 1. The maximum absolute atomic E-state index is 5.77. The Balaban J connectivity index is 1.97. The molecule has 0 aromatic carbocycles. The minimum absolute atomic E-state index is 0.467. The molecular formula is C13H24ClN5. The molecule has 1 aromatic heterocycles. The molecule has 0 aliphatic carbocycles.